The van der Waals surface area contributed by atoms with Crippen LogP contribution in [0.4, 0.5) is 0 Å². The maximum absolute atomic E-state index is 10.8. The van der Waals surface area contributed by atoms with E-state index in [1.54, 1.807) is 24.1 Å². The number of hydrogen-bond donors (Lipinski definition) is 1. The maximum Gasteiger partial charge on any atom is 0.242 e. The molecule has 1 N–H and O–H groups in total. The number of imide groups is 1. The van der Waals surface area contributed by atoms with Crippen molar-refractivity contribution in [3.05, 3.63) is 0 Å². The van der Waals surface area contributed by atoms with Gasteiger partial charge in [-0.15, -0.1) is 0 Å². The summed E-state index contributed by atoms with van der Waals surface area (Å²) in [7, 11) is 3.60. The number of hydrazine groups is 1. The maximum atomic E-state index is 10.8. The van der Waals surface area contributed by atoms with E-state index in [2.05, 4.69) is 5.32 Å². The fraction of sp³-hybridized carbons (Fsp3) is 0.667. The average Bonchev–Trinajstić information content (AvgIpc) is 1.85. The summed E-state index contributed by atoms with van der Waals surface area (Å²) in [5.41, 5.74) is 0. The van der Waals surface area contributed by atoms with Crippen LogP contribution in [-0.4, -0.2) is 49.0 Å². The molecule has 0 saturated carbocycles. The summed E-state index contributed by atoms with van der Waals surface area (Å²) in [5, 5.41) is 5.62. The van der Waals surface area contributed by atoms with Crippen molar-refractivity contribution in [1.82, 2.24) is 15.3 Å². The molecule has 0 spiro atoms. The van der Waals surface area contributed by atoms with Gasteiger partial charge in [0.2, 0.25) is 11.8 Å². The van der Waals surface area contributed by atoms with Crippen LogP contribution >= 0.6 is 0 Å². The molecule has 1 aliphatic heterocycles. The molecule has 1 heterocycles. The number of carbonyl (C=O) groups is 2. The van der Waals surface area contributed by atoms with Crippen LogP contribution in [0.5, 0.6) is 0 Å². The molecule has 1 rings (SSSR count). The zero-order valence-electron chi connectivity index (χ0n) is 6.63. The standard InChI is InChI=1S/C6H11N3O2/c1-8(2)9-3-5(10)7-6(11)4-9/h3-4H2,1-2H3,(H,7,10,11). The van der Waals surface area contributed by atoms with Crippen molar-refractivity contribution in [3.8, 4) is 0 Å². The third kappa shape index (κ3) is 1.99. The summed E-state index contributed by atoms with van der Waals surface area (Å²) in [6, 6.07) is 0. The minimum Gasteiger partial charge on any atom is -0.294 e. The molecule has 0 radical (unpaired) electrons. The summed E-state index contributed by atoms with van der Waals surface area (Å²) < 4.78 is 0. The Bertz CT molecular complexity index is 174. The SMILES string of the molecule is CN(C)N1CC(=O)NC(=O)C1. The lowest BCUT2D eigenvalue weighted by atomic mass is 10.4. The zero-order chi connectivity index (χ0) is 8.43. The van der Waals surface area contributed by atoms with E-state index >= 15 is 0 Å². The van der Waals surface area contributed by atoms with E-state index in [4.69, 9.17) is 0 Å². The second-order valence-corrected chi connectivity index (χ2v) is 2.64. The minimum absolute atomic E-state index is 0.241. The molecule has 0 aromatic carbocycles. The van der Waals surface area contributed by atoms with Crippen LogP contribution in [0.15, 0.2) is 0 Å². The van der Waals surface area contributed by atoms with Crippen LogP contribution < -0.4 is 5.32 Å². The van der Waals surface area contributed by atoms with Gasteiger partial charge in [0, 0.05) is 14.1 Å². The lowest BCUT2D eigenvalue weighted by Crippen LogP contribution is -2.55. The molecule has 0 aromatic rings. The summed E-state index contributed by atoms with van der Waals surface area (Å²) in [6.45, 7) is 0.525. The molecule has 0 atom stereocenters. The molecular weight excluding hydrogens is 146 g/mol. The fourth-order valence-corrected chi connectivity index (χ4v) is 0.905. The summed E-state index contributed by atoms with van der Waals surface area (Å²) >= 11 is 0. The molecule has 11 heavy (non-hydrogen) atoms. The second kappa shape index (κ2) is 2.98. The van der Waals surface area contributed by atoms with Gasteiger partial charge < -0.3 is 0 Å². The van der Waals surface area contributed by atoms with Crippen molar-refractivity contribution in [2.24, 2.45) is 0 Å². The lowest BCUT2D eigenvalue weighted by Gasteiger charge is -2.30. The molecule has 1 aliphatic rings. The third-order valence-electron chi connectivity index (χ3n) is 1.50. The molecular formula is C6H11N3O2. The highest BCUT2D eigenvalue weighted by Gasteiger charge is 2.23. The summed E-state index contributed by atoms with van der Waals surface area (Å²) in [4.78, 5) is 21.6. The minimum atomic E-state index is -0.241. The third-order valence-corrected chi connectivity index (χ3v) is 1.50. The van der Waals surface area contributed by atoms with Gasteiger partial charge in [-0.25, -0.2) is 10.0 Å². The van der Waals surface area contributed by atoms with Crippen LogP contribution in [0.3, 0.4) is 0 Å². The van der Waals surface area contributed by atoms with E-state index in [1.165, 1.54) is 0 Å². The fourth-order valence-electron chi connectivity index (χ4n) is 0.905. The molecule has 0 unspecified atom stereocenters. The number of nitrogens with one attached hydrogen (secondary N) is 1. The predicted octanol–water partition coefficient (Wildman–Crippen LogP) is -1.58. The van der Waals surface area contributed by atoms with Gasteiger partial charge in [-0.05, 0) is 0 Å². The molecule has 0 aliphatic carbocycles. The van der Waals surface area contributed by atoms with Gasteiger partial charge in [0.1, 0.15) is 0 Å². The van der Waals surface area contributed by atoms with Crippen molar-refractivity contribution in [2.75, 3.05) is 27.2 Å². The van der Waals surface area contributed by atoms with Crippen LogP contribution in [0.25, 0.3) is 0 Å². The number of carbonyl (C=O) groups excluding carboxylic acids is 2. The number of piperazine rings is 1. The largest absolute Gasteiger partial charge is 0.294 e. The highest BCUT2D eigenvalue weighted by Crippen LogP contribution is 1.95. The Morgan fingerprint density at radius 2 is 1.73 bits per heavy atom. The molecule has 0 aromatic heterocycles. The van der Waals surface area contributed by atoms with E-state index < -0.39 is 0 Å². The first-order chi connectivity index (χ1) is 5.09. The van der Waals surface area contributed by atoms with Gasteiger partial charge in [0.25, 0.3) is 0 Å². The van der Waals surface area contributed by atoms with Gasteiger partial charge in [-0.3, -0.25) is 14.9 Å². The number of nitrogens with zero attached hydrogens (tertiary/aromatic N) is 2. The van der Waals surface area contributed by atoms with Crippen LogP contribution in [0.1, 0.15) is 0 Å². The van der Waals surface area contributed by atoms with Gasteiger partial charge in [-0.2, -0.15) is 0 Å². The first-order valence-corrected chi connectivity index (χ1v) is 3.34. The normalized spacial score (nSPS) is 20.6. The van der Waals surface area contributed by atoms with E-state index in [0.717, 1.165) is 0 Å². The Morgan fingerprint density at radius 1 is 1.27 bits per heavy atom. The Kier molecular flexibility index (Phi) is 2.21. The lowest BCUT2D eigenvalue weighted by molar-refractivity contribution is -0.142. The van der Waals surface area contributed by atoms with E-state index in [-0.39, 0.29) is 24.9 Å². The first-order valence-electron chi connectivity index (χ1n) is 3.34. The van der Waals surface area contributed by atoms with Crippen LogP contribution in [0, 0.1) is 0 Å². The summed E-state index contributed by atoms with van der Waals surface area (Å²) in [6.07, 6.45) is 0. The smallest absolute Gasteiger partial charge is 0.242 e. The number of amides is 2. The Labute approximate surface area is 64.9 Å². The monoisotopic (exact) mass is 157 g/mol. The van der Waals surface area contributed by atoms with Crippen LogP contribution in [-0.2, 0) is 9.59 Å². The van der Waals surface area contributed by atoms with Gasteiger partial charge >= 0.3 is 0 Å². The molecule has 0 bridgehead atoms. The van der Waals surface area contributed by atoms with E-state index in [0.29, 0.717) is 0 Å². The average molecular weight is 157 g/mol. The van der Waals surface area contributed by atoms with Gasteiger partial charge in [0.15, 0.2) is 0 Å². The first kappa shape index (κ1) is 8.16. The highest BCUT2D eigenvalue weighted by molar-refractivity contribution is 5.99. The van der Waals surface area contributed by atoms with Crippen molar-refractivity contribution in [3.63, 3.8) is 0 Å². The quantitative estimate of drug-likeness (QED) is 0.467. The van der Waals surface area contributed by atoms with E-state index in [9.17, 15) is 9.59 Å². The van der Waals surface area contributed by atoms with Gasteiger partial charge in [0.05, 0.1) is 13.1 Å². The van der Waals surface area contributed by atoms with Crippen LogP contribution in [0.2, 0.25) is 0 Å². The molecule has 1 saturated heterocycles. The second-order valence-electron chi connectivity index (χ2n) is 2.64. The Balaban J connectivity index is 2.56. The molecule has 62 valence electrons. The molecule has 5 heteroatoms. The van der Waals surface area contributed by atoms with Gasteiger partial charge in [-0.1, -0.05) is 0 Å². The Morgan fingerprint density at radius 3 is 2.09 bits per heavy atom. The topological polar surface area (TPSA) is 52.6 Å². The summed E-state index contributed by atoms with van der Waals surface area (Å²) in [5.74, 6) is -0.482. The van der Waals surface area contributed by atoms with Crippen molar-refractivity contribution < 1.29 is 9.59 Å². The molecule has 1 fully saturated rings. The molecule has 2 amide bonds. The molecule has 5 nitrogen and oxygen atoms in total. The number of hydrogen-bond acceptors (Lipinski definition) is 4. The van der Waals surface area contributed by atoms with Crippen molar-refractivity contribution in [2.45, 2.75) is 0 Å². The number of rotatable bonds is 1. The van der Waals surface area contributed by atoms with Crippen molar-refractivity contribution in [1.29, 1.82) is 0 Å². The van der Waals surface area contributed by atoms with Crippen molar-refractivity contribution >= 4 is 11.8 Å². The zero-order valence-corrected chi connectivity index (χ0v) is 6.63. The van der Waals surface area contributed by atoms with E-state index in [1.807, 2.05) is 0 Å². The Hall–Kier alpha value is -0.940. The predicted molar refractivity (Wildman–Crippen MR) is 38.4 cm³/mol. The highest BCUT2D eigenvalue weighted by atomic mass is 16.2.